The smallest absolute Gasteiger partial charge is 0.228 e. The summed E-state index contributed by atoms with van der Waals surface area (Å²) in [6.07, 6.45) is 1.12. The molecule has 0 spiro atoms. The van der Waals surface area contributed by atoms with E-state index in [1.807, 2.05) is 6.07 Å². The van der Waals surface area contributed by atoms with Gasteiger partial charge in [0.2, 0.25) is 10.0 Å². The predicted molar refractivity (Wildman–Crippen MR) is 63.6 cm³/mol. The van der Waals surface area contributed by atoms with Gasteiger partial charge in [0.25, 0.3) is 0 Å². The van der Waals surface area contributed by atoms with Crippen LogP contribution in [0, 0.1) is 5.41 Å². The van der Waals surface area contributed by atoms with E-state index in [1.165, 1.54) is 0 Å². The Balaban J connectivity index is 2.56. The maximum Gasteiger partial charge on any atom is 0.228 e. The quantitative estimate of drug-likeness (QED) is 0.505. The highest BCUT2D eigenvalue weighted by Crippen LogP contribution is 2.03. The third-order valence-electron chi connectivity index (χ3n) is 1.89. The fourth-order valence-electron chi connectivity index (χ4n) is 1.05. The number of sulfonamides is 1. The van der Waals surface area contributed by atoms with Gasteiger partial charge in [-0.25, -0.2) is 13.8 Å². The van der Waals surface area contributed by atoms with Crippen LogP contribution in [0.4, 0.5) is 0 Å². The van der Waals surface area contributed by atoms with Gasteiger partial charge in [-0.1, -0.05) is 30.3 Å². The summed E-state index contributed by atoms with van der Waals surface area (Å²) in [5.74, 6) is -0.0778. The van der Waals surface area contributed by atoms with Gasteiger partial charge in [-0.05, 0) is 12.5 Å². The molecular formula is C10H15N3O2S. The van der Waals surface area contributed by atoms with Gasteiger partial charge in [-0.15, -0.1) is 0 Å². The van der Waals surface area contributed by atoms with Gasteiger partial charge in [0.15, 0.2) is 0 Å². The van der Waals surface area contributed by atoms with Crippen molar-refractivity contribution < 1.29 is 8.42 Å². The molecule has 0 aliphatic heterocycles. The van der Waals surface area contributed by atoms with E-state index in [9.17, 15) is 8.42 Å². The van der Waals surface area contributed by atoms with E-state index in [-0.39, 0.29) is 11.8 Å². The molecular weight excluding hydrogens is 226 g/mol. The SMILES string of the molecule is CC(C=N)NNS(=O)(=O)Cc1ccccc1. The van der Waals surface area contributed by atoms with Crippen LogP contribution in [0.1, 0.15) is 12.5 Å². The second-order valence-corrected chi connectivity index (χ2v) is 5.17. The van der Waals surface area contributed by atoms with Crippen molar-refractivity contribution in [1.82, 2.24) is 10.3 Å². The van der Waals surface area contributed by atoms with Crippen molar-refractivity contribution in [2.75, 3.05) is 0 Å². The summed E-state index contributed by atoms with van der Waals surface area (Å²) in [5, 5.41) is 6.92. The Hall–Kier alpha value is -1.24. The molecule has 0 saturated heterocycles. The highest BCUT2D eigenvalue weighted by Gasteiger charge is 2.11. The molecule has 1 aromatic carbocycles. The Bertz CT molecular complexity index is 431. The lowest BCUT2D eigenvalue weighted by molar-refractivity contribution is 0.548. The van der Waals surface area contributed by atoms with E-state index in [0.29, 0.717) is 0 Å². The number of hydrogen-bond acceptors (Lipinski definition) is 4. The lowest BCUT2D eigenvalue weighted by Gasteiger charge is -2.10. The average Bonchev–Trinajstić information content (AvgIpc) is 2.27. The average molecular weight is 241 g/mol. The number of hydrogen-bond donors (Lipinski definition) is 3. The molecule has 0 radical (unpaired) electrons. The van der Waals surface area contributed by atoms with Gasteiger partial charge in [0.05, 0.1) is 11.8 Å². The van der Waals surface area contributed by atoms with E-state index in [1.54, 1.807) is 31.2 Å². The molecule has 0 aliphatic carbocycles. The topological polar surface area (TPSA) is 82.1 Å². The van der Waals surface area contributed by atoms with Gasteiger partial charge < -0.3 is 5.41 Å². The summed E-state index contributed by atoms with van der Waals surface area (Å²) in [6.45, 7) is 1.68. The molecule has 0 saturated carbocycles. The second-order valence-electron chi connectivity index (χ2n) is 3.45. The van der Waals surface area contributed by atoms with Crippen molar-refractivity contribution in [1.29, 1.82) is 5.41 Å². The van der Waals surface area contributed by atoms with Gasteiger partial charge in [0.1, 0.15) is 0 Å². The first kappa shape index (κ1) is 12.8. The van der Waals surface area contributed by atoms with Gasteiger partial charge in [-0.3, -0.25) is 0 Å². The summed E-state index contributed by atoms with van der Waals surface area (Å²) in [6, 6.07) is 8.58. The molecule has 6 heteroatoms. The minimum Gasteiger partial charge on any atom is -0.311 e. The first-order valence-electron chi connectivity index (χ1n) is 4.83. The molecule has 16 heavy (non-hydrogen) atoms. The number of rotatable bonds is 6. The third-order valence-corrected chi connectivity index (χ3v) is 3.03. The molecule has 3 N–H and O–H groups in total. The van der Waals surface area contributed by atoms with E-state index in [0.717, 1.165) is 11.8 Å². The van der Waals surface area contributed by atoms with Crippen molar-refractivity contribution in [3.8, 4) is 0 Å². The lowest BCUT2D eigenvalue weighted by Crippen LogP contribution is -2.43. The van der Waals surface area contributed by atoms with Crippen molar-refractivity contribution in [2.24, 2.45) is 0 Å². The third kappa shape index (κ3) is 4.52. The summed E-state index contributed by atoms with van der Waals surface area (Å²) in [7, 11) is -3.40. The van der Waals surface area contributed by atoms with Crippen LogP contribution >= 0.6 is 0 Å². The Morgan fingerprint density at radius 3 is 2.56 bits per heavy atom. The van der Waals surface area contributed by atoms with Crippen LogP contribution in [-0.4, -0.2) is 20.7 Å². The predicted octanol–water partition coefficient (Wildman–Crippen LogP) is 0.649. The molecule has 1 aromatic rings. The van der Waals surface area contributed by atoms with Gasteiger partial charge in [0, 0.05) is 6.21 Å². The first-order chi connectivity index (χ1) is 7.53. The van der Waals surface area contributed by atoms with Crippen LogP contribution in [0.25, 0.3) is 0 Å². The van der Waals surface area contributed by atoms with Crippen LogP contribution in [0.15, 0.2) is 30.3 Å². The highest BCUT2D eigenvalue weighted by molar-refractivity contribution is 7.88. The van der Waals surface area contributed by atoms with Crippen LogP contribution in [0.2, 0.25) is 0 Å². The highest BCUT2D eigenvalue weighted by atomic mass is 32.2. The molecule has 1 rings (SSSR count). The summed E-state index contributed by atoms with van der Waals surface area (Å²) in [5.41, 5.74) is 3.23. The Morgan fingerprint density at radius 1 is 1.38 bits per heavy atom. The van der Waals surface area contributed by atoms with Crippen LogP contribution in [0.3, 0.4) is 0 Å². The zero-order chi connectivity index (χ0) is 12.0. The van der Waals surface area contributed by atoms with Crippen molar-refractivity contribution >= 4 is 16.2 Å². The monoisotopic (exact) mass is 241 g/mol. The molecule has 5 nitrogen and oxygen atoms in total. The van der Waals surface area contributed by atoms with Crippen molar-refractivity contribution in [3.63, 3.8) is 0 Å². The maximum atomic E-state index is 11.6. The fraction of sp³-hybridized carbons (Fsp3) is 0.300. The standard InChI is InChI=1S/C10H15N3O2S/c1-9(7-11)12-13-16(14,15)8-10-5-3-2-4-6-10/h2-7,9,11-13H,8H2,1H3. The Labute approximate surface area is 95.4 Å². The number of nitrogens with one attached hydrogen (secondary N) is 3. The minimum atomic E-state index is -3.40. The summed E-state index contributed by atoms with van der Waals surface area (Å²) in [4.78, 5) is 2.23. The zero-order valence-corrected chi connectivity index (χ0v) is 9.79. The van der Waals surface area contributed by atoms with E-state index in [2.05, 4.69) is 10.3 Å². The Morgan fingerprint density at radius 2 is 2.00 bits per heavy atom. The fourth-order valence-corrected chi connectivity index (χ4v) is 2.12. The molecule has 0 fully saturated rings. The number of benzene rings is 1. The van der Waals surface area contributed by atoms with Gasteiger partial charge in [-0.2, -0.15) is 4.83 Å². The van der Waals surface area contributed by atoms with E-state index in [4.69, 9.17) is 5.41 Å². The lowest BCUT2D eigenvalue weighted by atomic mass is 10.2. The normalized spacial score (nSPS) is 13.3. The van der Waals surface area contributed by atoms with Crippen LogP contribution in [0.5, 0.6) is 0 Å². The van der Waals surface area contributed by atoms with Crippen LogP contribution < -0.4 is 10.3 Å². The minimum absolute atomic E-state index is 0.0778. The molecule has 0 heterocycles. The van der Waals surface area contributed by atoms with E-state index < -0.39 is 10.0 Å². The molecule has 0 amide bonds. The molecule has 0 bridgehead atoms. The maximum absolute atomic E-state index is 11.6. The van der Waals surface area contributed by atoms with Crippen molar-refractivity contribution in [3.05, 3.63) is 35.9 Å². The molecule has 0 aromatic heterocycles. The largest absolute Gasteiger partial charge is 0.311 e. The summed E-state index contributed by atoms with van der Waals surface area (Å²) < 4.78 is 23.1. The van der Waals surface area contributed by atoms with Gasteiger partial charge >= 0.3 is 0 Å². The summed E-state index contributed by atoms with van der Waals surface area (Å²) >= 11 is 0. The Kier molecular flexibility index (Phi) is 4.60. The zero-order valence-electron chi connectivity index (χ0n) is 8.97. The second kappa shape index (κ2) is 5.74. The molecule has 1 atom stereocenters. The molecule has 0 aliphatic rings. The first-order valence-corrected chi connectivity index (χ1v) is 6.48. The number of hydrazine groups is 1. The van der Waals surface area contributed by atoms with Crippen LogP contribution in [-0.2, 0) is 15.8 Å². The molecule has 88 valence electrons. The molecule has 1 unspecified atom stereocenters. The van der Waals surface area contributed by atoms with Crippen molar-refractivity contribution in [2.45, 2.75) is 18.7 Å². The van der Waals surface area contributed by atoms with E-state index >= 15 is 0 Å².